The summed E-state index contributed by atoms with van der Waals surface area (Å²) < 4.78 is 63.4. The number of hydrogen-bond donors (Lipinski definition) is 5. The Morgan fingerprint density at radius 2 is 1.26 bits per heavy atom. The number of piperidine rings is 2. The summed E-state index contributed by atoms with van der Waals surface area (Å²) >= 11 is 5.60. The fourth-order valence-electron chi connectivity index (χ4n) is 6.26. The van der Waals surface area contributed by atoms with Crippen LogP contribution in [0.5, 0.6) is 11.5 Å². The zero-order chi connectivity index (χ0) is 41.1. The lowest BCUT2D eigenvalue weighted by molar-refractivity contribution is 0.102. The number of halogens is 3. The number of sulfonamides is 1. The largest absolute Gasteiger partial charge is 0.496 e. The monoisotopic (exact) mass is 830 g/mol. The molecule has 4 aromatic rings. The highest BCUT2D eigenvalue weighted by Crippen LogP contribution is 2.27. The van der Waals surface area contributed by atoms with Crippen molar-refractivity contribution in [2.45, 2.75) is 44.2 Å². The van der Waals surface area contributed by atoms with Crippen LogP contribution in [0.25, 0.3) is 0 Å². The van der Waals surface area contributed by atoms with E-state index in [4.69, 9.17) is 32.5 Å². The highest BCUT2D eigenvalue weighted by Gasteiger charge is 2.28. The molecule has 20 heteroatoms. The molecule has 0 aliphatic carbocycles. The van der Waals surface area contributed by atoms with Crippen molar-refractivity contribution in [2.24, 2.45) is 0 Å². The number of hydrogen-bond acceptors (Lipinski definition) is 15. The van der Waals surface area contributed by atoms with Gasteiger partial charge in [0, 0.05) is 43.4 Å². The average Bonchev–Trinajstić information content (AvgIpc) is 3.20. The first kappa shape index (κ1) is 42.9. The van der Waals surface area contributed by atoms with E-state index in [1.54, 1.807) is 0 Å². The molecule has 0 saturated carbocycles. The third kappa shape index (κ3) is 11.2. The van der Waals surface area contributed by atoms with Crippen molar-refractivity contribution in [3.63, 3.8) is 0 Å². The van der Waals surface area contributed by atoms with Gasteiger partial charge in [0.15, 0.2) is 0 Å². The Balaban J connectivity index is 0.000000224. The van der Waals surface area contributed by atoms with Gasteiger partial charge in [-0.25, -0.2) is 31.5 Å². The van der Waals surface area contributed by atoms with Gasteiger partial charge in [-0.05, 0) is 81.6 Å². The second-order valence-electron chi connectivity index (χ2n) is 13.2. The third-order valence-electron chi connectivity index (χ3n) is 9.33. The van der Waals surface area contributed by atoms with Crippen molar-refractivity contribution in [1.29, 1.82) is 0 Å². The molecule has 2 aliphatic rings. The van der Waals surface area contributed by atoms with Gasteiger partial charge in [-0.1, -0.05) is 0 Å². The molecule has 7 N–H and O–H groups in total. The first-order chi connectivity index (χ1) is 27.3. The van der Waals surface area contributed by atoms with Gasteiger partial charge in [-0.15, -0.1) is 11.6 Å². The summed E-state index contributed by atoms with van der Waals surface area (Å²) in [6.45, 7) is 2.63. The zero-order valence-electron chi connectivity index (χ0n) is 31.4. The van der Waals surface area contributed by atoms with E-state index in [9.17, 15) is 26.8 Å². The second-order valence-corrected chi connectivity index (χ2v) is 15.6. The van der Waals surface area contributed by atoms with Crippen LogP contribution in [-0.2, 0) is 10.0 Å². The van der Waals surface area contributed by atoms with Gasteiger partial charge in [0.2, 0.25) is 33.5 Å². The number of ketones is 2. The quantitative estimate of drug-likeness (QED) is 0.0898. The van der Waals surface area contributed by atoms with Crippen molar-refractivity contribution < 1.29 is 36.3 Å². The number of nitrogens with zero attached hydrogens (tertiary/aromatic N) is 5. The molecular formula is C37H45ClF2N10O6S. The number of carbonyl (C=O) groups excluding carboxylic acids is 2. The maximum Gasteiger partial charge on any atom is 0.224 e. The fraction of sp³-hybridized carbons (Fsp3) is 0.405. The van der Waals surface area contributed by atoms with Crippen LogP contribution in [0.1, 0.15) is 63.9 Å². The highest BCUT2D eigenvalue weighted by molar-refractivity contribution is 7.89. The number of aromatic nitrogens is 4. The number of benzene rings is 2. The predicted molar refractivity (Wildman–Crippen MR) is 213 cm³/mol. The lowest BCUT2D eigenvalue weighted by Gasteiger charge is -2.31. The Morgan fingerprint density at radius 3 is 1.68 bits per heavy atom. The molecule has 4 heterocycles. The van der Waals surface area contributed by atoms with Crippen LogP contribution >= 0.6 is 11.6 Å². The van der Waals surface area contributed by atoms with E-state index in [0.717, 1.165) is 38.1 Å². The fourth-order valence-corrected chi connectivity index (χ4v) is 8.09. The van der Waals surface area contributed by atoms with Gasteiger partial charge in [0.05, 0.1) is 42.2 Å². The summed E-state index contributed by atoms with van der Waals surface area (Å²) in [6.07, 6.45) is 6.13. The Kier molecular flexibility index (Phi) is 14.9. The molecule has 0 amide bonds. The van der Waals surface area contributed by atoms with E-state index in [2.05, 4.69) is 35.9 Å². The highest BCUT2D eigenvalue weighted by atomic mass is 35.5. The molecule has 6 rings (SSSR count). The molecule has 0 unspecified atom stereocenters. The lowest BCUT2D eigenvalue weighted by atomic mass is 10.0. The molecule has 2 aromatic heterocycles. The summed E-state index contributed by atoms with van der Waals surface area (Å²) in [4.78, 5) is 42.1. The summed E-state index contributed by atoms with van der Waals surface area (Å²) in [7, 11) is -0.511. The van der Waals surface area contributed by atoms with E-state index in [0.29, 0.717) is 44.2 Å². The van der Waals surface area contributed by atoms with Crippen LogP contribution in [0.4, 0.5) is 32.3 Å². The first-order valence-corrected chi connectivity index (χ1v) is 20.3. The number of rotatable bonds is 14. The Labute approximate surface area is 334 Å². The van der Waals surface area contributed by atoms with Crippen LogP contribution in [-0.4, -0.2) is 108 Å². The molecule has 0 radical (unpaired) electrons. The van der Waals surface area contributed by atoms with E-state index >= 15 is 0 Å². The molecule has 16 nitrogen and oxygen atoms in total. The van der Waals surface area contributed by atoms with Crippen LogP contribution in [0.2, 0.25) is 0 Å². The van der Waals surface area contributed by atoms with Gasteiger partial charge < -0.3 is 36.9 Å². The molecular weight excluding hydrogens is 786 g/mol. The van der Waals surface area contributed by atoms with Gasteiger partial charge >= 0.3 is 0 Å². The summed E-state index contributed by atoms with van der Waals surface area (Å²) in [6, 6.07) is 7.58. The number of nitrogen functional groups attached to an aromatic ring is 2. The molecule has 57 heavy (non-hydrogen) atoms. The maximum atomic E-state index is 13.6. The lowest BCUT2D eigenvalue weighted by Crippen LogP contribution is -2.43. The van der Waals surface area contributed by atoms with Gasteiger partial charge in [0.1, 0.15) is 34.8 Å². The van der Waals surface area contributed by atoms with Crippen LogP contribution in [0.3, 0.4) is 0 Å². The normalized spacial score (nSPS) is 15.2. The molecule has 0 atom stereocenters. The number of alkyl halides is 1. The van der Waals surface area contributed by atoms with Crippen LogP contribution < -0.4 is 36.9 Å². The van der Waals surface area contributed by atoms with Gasteiger partial charge in [-0.2, -0.15) is 9.97 Å². The van der Waals surface area contributed by atoms with Crippen molar-refractivity contribution in [1.82, 2.24) is 29.6 Å². The van der Waals surface area contributed by atoms with Gasteiger partial charge in [0.25, 0.3) is 0 Å². The average molecular weight is 831 g/mol. The minimum absolute atomic E-state index is 0.0197. The number of methoxy groups -OCH3 is 2. The van der Waals surface area contributed by atoms with E-state index in [-0.39, 0.29) is 69.2 Å². The zero-order valence-corrected chi connectivity index (χ0v) is 33.0. The topological polar surface area (TPSA) is 230 Å². The number of ether oxygens (including phenoxy) is 2. The second kappa shape index (κ2) is 19.8. The molecule has 2 saturated heterocycles. The number of anilines is 4. The summed E-state index contributed by atoms with van der Waals surface area (Å²) in [5.41, 5.74) is 12.1. The van der Waals surface area contributed by atoms with Gasteiger partial charge in [-0.3, -0.25) is 9.59 Å². The standard InChI is InChI=1S/C20H25ClFN5O4S.C17H20FN5O2/c1-31-17-4-3-13(22)11-15(17)18(28)16-12-24-20(26-19(16)23)25-14-5-8-27(9-6-14)32(29,30)10-2-7-21;1-25-14-3-2-10(18)8-12(14)15(24)13-9-21-17(23-16(13)19)22-11-4-6-20-7-5-11/h3-4,11-12,14H,2,5-10H2,1H3,(H3,23,24,25,26);2-3,8-9,11,20H,4-7H2,1H3,(H3,19,21,22,23). The van der Waals surface area contributed by atoms with Crippen molar-refractivity contribution in [3.05, 3.63) is 82.7 Å². The molecule has 2 aromatic carbocycles. The molecule has 0 bridgehead atoms. The Hall–Kier alpha value is -5.24. The predicted octanol–water partition coefficient (Wildman–Crippen LogP) is 3.87. The minimum Gasteiger partial charge on any atom is -0.496 e. The number of nitrogens with two attached hydrogens (primary N) is 2. The van der Waals surface area contributed by atoms with E-state index < -0.39 is 33.2 Å². The summed E-state index contributed by atoms with van der Waals surface area (Å²) in [5, 5.41) is 9.63. The minimum atomic E-state index is -3.30. The maximum absolute atomic E-state index is 13.6. The van der Waals surface area contributed by atoms with Crippen molar-refractivity contribution in [3.8, 4) is 11.5 Å². The van der Waals surface area contributed by atoms with Crippen LogP contribution in [0, 0.1) is 11.6 Å². The van der Waals surface area contributed by atoms with Crippen molar-refractivity contribution >= 4 is 56.7 Å². The molecule has 306 valence electrons. The van der Waals surface area contributed by atoms with E-state index in [1.165, 1.54) is 55.2 Å². The SMILES string of the molecule is COc1ccc(F)cc1C(=O)c1cnc(NC2CCN(S(=O)(=O)CCCCl)CC2)nc1N.COc1ccc(F)cc1C(=O)c1cnc(NC2CCNCC2)nc1N. The van der Waals surface area contributed by atoms with Crippen molar-refractivity contribution in [2.75, 3.05) is 74.1 Å². The first-order valence-electron chi connectivity index (χ1n) is 18.1. The molecule has 2 fully saturated rings. The number of carbonyl (C=O) groups is 2. The Morgan fingerprint density at radius 1 is 0.807 bits per heavy atom. The smallest absolute Gasteiger partial charge is 0.224 e. The molecule has 0 spiro atoms. The summed E-state index contributed by atoms with van der Waals surface area (Å²) in [5.74, 6) is -0.726. The van der Waals surface area contributed by atoms with Crippen LogP contribution in [0.15, 0.2) is 48.8 Å². The third-order valence-corrected chi connectivity index (χ3v) is 11.6. The van der Waals surface area contributed by atoms with E-state index in [1.807, 2.05) is 0 Å². The Bertz CT molecular complexity index is 2160. The molecule has 2 aliphatic heterocycles. The number of nitrogens with one attached hydrogen (secondary N) is 3.